The van der Waals surface area contributed by atoms with Crippen molar-refractivity contribution in [1.29, 1.82) is 0 Å². The second kappa shape index (κ2) is 9.11. The number of aliphatic carboxylic acids is 1. The predicted molar refractivity (Wildman–Crippen MR) is 112 cm³/mol. The van der Waals surface area contributed by atoms with Crippen LogP contribution in [0.15, 0.2) is 11.1 Å². The number of hydrogen-bond donors (Lipinski definition) is 2. The fourth-order valence-electron chi connectivity index (χ4n) is 4.28. The number of anilines is 1. The van der Waals surface area contributed by atoms with Crippen LogP contribution in [0.4, 0.5) is 5.00 Å². The van der Waals surface area contributed by atoms with Gasteiger partial charge in [0.15, 0.2) is 0 Å². The molecule has 0 fully saturated rings. The lowest BCUT2D eigenvalue weighted by Gasteiger charge is -2.29. The standard InChI is InChI=1S/C22H29NO5S/c1-4-28-22(27)18-14-8-6-5-7-9-17(14)29-20(18)23-19(24)15-10-12(2)13(3)11-16(15)21(25)26/h15-16H,4-11H2,1-3H3,(H,23,24)(H,25,26)/t15-,16+/m1/s1. The van der Waals surface area contributed by atoms with E-state index in [1.54, 1.807) is 6.92 Å². The number of fused-ring (bicyclic) bond motifs is 1. The Hall–Kier alpha value is -2.15. The van der Waals surface area contributed by atoms with E-state index >= 15 is 0 Å². The summed E-state index contributed by atoms with van der Waals surface area (Å²) in [7, 11) is 0. The highest BCUT2D eigenvalue weighted by Crippen LogP contribution is 2.40. The molecule has 3 rings (SSSR count). The van der Waals surface area contributed by atoms with Gasteiger partial charge in [0.05, 0.1) is 24.0 Å². The van der Waals surface area contributed by atoms with Gasteiger partial charge in [0, 0.05) is 4.88 Å². The maximum Gasteiger partial charge on any atom is 0.341 e. The largest absolute Gasteiger partial charge is 0.481 e. The van der Waals surface area contributed by atoms with E-state index in [1.807, 2.05) is 13.8 Å². The normalized spacial score (nSPS) is 21.9. The number of esters is 1. The van der Waals surface area contributed by atoms with Gasteiger partial charge in [-0.15, -0.1) is 11.3 Å². The zero-order chi connectivity index (χ0) is 21.1. The predicted octanol–water partition coefficient (Wildman–Crippen LogP) is 4.58. The molecule has 0 saturated heterocycles. The Balaban J connectivity index is 1.91. The van der Waals surface area contributed by atoms with E-state index in [2.05, 4.69) is 5.32 Å². The zero-order valence-corrected chi connectivity index (χ0v) is 18.1. The van der Waals surface area contributed by atoms with Crippen molar-refractivity contribution in [1.82, 2.24) is 0 Å². The fraction of sp³-hybridized carbons (Fsp3) is 0.591. The SMILES string of the molecule is CCOC(=O)c1c(NC(=O)[C@@H]2CC(C)=C(C)C[C@@H]2C(=O)O)sc2c1CCCCC2. The van der Waals surface area contributed by atoms with E-state index < -0.39 is 23.8 Å². The summed E-state index contributed by atoms with van der Waals surface area (Å²) in [5.41, 5.74) is 3.56. The van der Waals surface area contributed by atoms with Crippen LogP contribution in [0.5, 0.6) is 0 Å². The van der Waals surface area contributed by atoms with Crippen molar-refractivity contribution >= 4 is 34.2 Å². The summed E-state index contributed by atoms with van der Waals surface area (Å²) < 4.78 is 5.27. The van der Waals surface area contributed by atoms with Crippen LogP contribution in [0.25, 0.3) is 0 Å². The summed E-state index contributed by atoms with van der Waals surface area (Å²) in [6.45, 7) is 5.90. The second-order valence-corrected chi connectivity index (χ2v) is 9.10. The van der Waals surface area contributed by atoms with Crippen molar-refractivity contribution in [3.05, 3.63) is 27.2 Å². The van der Waals surface area contributed by atoms with Crippen LogP contribution in [0, 0.1) is 11.8 Å². The molecule has 0 aliphatic heterocycles. The lowest BCUT2D eigenvalue weighted by Crippen LogP contribution is -2.36. The van der Waals surface area contributed by atoms with Crippen molar-refractivity contribution in [2.24, 2.45) is 11.8 Å². The van der Waals surface area contributed by atoms with E-state index in [1.165, 1.54) is 11.3 Å². The Kier molecular flexibility index (Phi) is 6.77. The molecule has 0 unspecified atom stereocenters. The van der Waals surface area contributed by atoms with Gasteiger partial charge in [-0.3, -0.25) is 9.59 Å². The molecule has 6 nitrogen and oxygen atoms in total. The second-order valence-electron chi connectivity index (χ2n) is 8.00. The average Bonchev–Trinajstić information content (AvgIpc) is 2.84. The van der Waals surface area contributed by atoms with Crippen molar-refractivity contribution in [3.63, 3.8) is 0 Å². The number of carboxylic acid groups (broad SMARTS) is 1. The Labute approximate surface area is 175 Å². The summed E-state index contributed by atoms with van der Waals surface area (Å²) >= 11 is 1.44. The molecule has 2 aliphatic carbocycles. The first-order valence-corrected chi connectivity index (χ1v) is 11.2. The summed E-state index contributed by atoms with van der Waals surface area (Å²) in [6, 6.07) is 0. The molecular formula is C22H29NO5S. The van der Waals surface area contributed by atoms with E-state index in [0.717, 1.165) is 53.7 Å². The van der Waals surface area contributed by atoms with Crippen LogP contribution in [0.3, 0.4) is 0 Å². The van der Waals surface area contributed by atoms with Gasteiger partial charge >= 0.3 is 11.9 Å². The van der Waals surface area contributed by atoms with Crippen molar-refractivity contribution in [2.75, 3.05) is 11.9 Å². The van der Waals surface area contributed by atoms with Crippen molar-refractivity contribution in [2.45, 2.75) is 65.7 Å². The maximum absolute atomic E-state index is 13.1. The van der Waals surface area contributed by atoms with Gasteiger partial charge in [-0.1, -0.05) is 17.6 Å². The number of ether oxygens (including phenoxy) is 1. The Morgan fingerprint density at radius 1 is 1.07 bits per heavy atom. The summed E-state index contributed by atoms with van der Waals surface area (Å²) in [6.07, 6.45) is 5.70. The number of aryl methyl sites for hydroxylation is 1. The molecule has 0 saturated carbocycles. The quantitative estimate of drug-likeness (QED) is 0.414. The minimum Gasteiger partial charge on any atom is -0.481 e. The van der Waals surface area contributed by atoms with Crippen LogP contribution < -0.4 is 5.32 Å². The van der Waals surface area contributed by atoms with Gasteiger partial charge in [-0.2, -0.15) is 0 Å². The first-order valence-electron chi connectivity index (χ1n) is 10.3. The van der Waals surface area contributed by atoms with Gasteiger partial charge in [0.25, 0.3) is 0 Å². The lowest BCUT2D eigenvalue weighted by atomic mass is 9.76. The monoisotopic (exact) mass is 419 g/mol. The third kappa shape index (κ3) is 4.55. The molecule has 2 N–H and O–H groups in total. The van der Waals surface area contributed by atoms with Gasteiger partial charge in [-0.25, -0.2) is 4.79 Å². The number of carbonyl (C=O) groups excluding carboxylic acids is 2. The third-order valence-corrected chi connectivity index (χ3v) is 7.27. The number of thiophene rings is 1. The van der Waals surface area contributed by atoms with Crippen LogP contribution in [0.2, 0.25) is 0 Å². The molecular weight excluding hydrogens is 390 g/mol. The summed E-state index contributed by atoms with van der Waals surface area (Å²) in [5.74, 6) is -3.08. The molecule has 158 valence electrons. The molecule has 1 aromatic rings. The van der Waals surface area contributed by atoms with E-state index in [0.29, 0.717) is 23.4 Å². The van der Waals surface area contributed by atoms with Crippen LogP contribution >= 0.6 is 11.3 Å². The van der Waals surface area contributed by atoms with Crippen molar-refractivity contribution < 1.29 is 24.2 Å². The Morgan fingerprint density at radius 3 is 2.38 bits per heavy atom. The molecule has 0 aromatic carbocycles. The molecule has 7 heteroatoms. The molecule has 1 amide bonds. The van der Waals surface area contributed by atoms with E-state index in [4.69, 9.17) is 4.74 Å². The average molecular weight is 420 g/mol. The minimum atomic E-state index is -0.954. The number of carbonyl (C=O) groups is 3. The molecule has 0 bridgehead atoms. The van der Waals surface area contributed by atoms with Crippen LogP contribution in [0.1, 0.15) is 73.7 Å². The zero-order valence-electron chi connectivity index (χ0n) is 17.3. The lowest BCUT2D eigenvalue weighted by molar-refractivity contribution is -0.146. The highest BCUT2D eigenvalue weighted by Gasteiger charge is 2.38. The molecule has 2 aliphatic rings. The fourth-order valence-corrected chi connectivity index (χ4v) is 5.56. The molecule has 0 spiro atoms. The minimum absolute atomic E-state index is 0.268. The molecule has 0 radical (unpaired) electrons. The third-order valence-electron chi connectivity index (χ3n) is 6.06. The smallest absolute Gasteiger partial charge is 0.341 e. The topological polar surface area (TPSA) is 92.7 Å². The Bertz CT molecular complexity index is 854. The van der Waals surface area contributed by atoms with Crippen molar-refractivity contribution in [3.8, 4) is 0 Å². The van der Waals surface area contributed by atoms with Gasteiger partial charge in [0.2, 0.25) is 5.91 Å². The molecule has 2 atom stereocenters. The first kappa shape index (κ1) is 21.6. The van der Waals surface area contributed by atoms with E-state index in [-0.39, 0.29) is 12.5 Å². The molecule has 1 heterocycles. The highest BCUT2D eigenvalue weighted by molar-refractivity contribution is 7.17. The van der Waals surface area contributed by atoms with Crippen LogP contribution in [-0.4, -0.2) is 29.6 Å². The van der Waals surface area contributed by atoms with Gasteiger partial charge < -0.3 is 15.2 Å². The first-order chi connectivity index (χ1) is 13.8. The van der Waals surface area contributed by atoms with E-state index in [9.17, 15) is 19.5 Å². The number of allylic oxidation sites excluding steroid dienone is 2. The number of rotatable bonds is 5. The highest BCUT2D eigenvalue weighted by atomic mass is 32.1. The molecule has 29 heavy (non-hydrogen) atoms. The number of amides is 1. The molecule has 1 aromatic heterocycles. The number of hydrogen-bond acceptors (Lipinski definition) is 5. The Morgan fingerprint density at radius 2 is 1.72 bits per heavy atom. The number of carboxylic acids is 1. The maximum atomic E-state index is 13.1. The number of nitrogens with one attached hydrogen (secondary N) is 1. The summed E-state index contributed by atoms with van der Waals surface area (Å²) in [5, 5.41) is 13.0. The van der Waals surface area contributed by atoms with Gasteiger partial charge in [-0.05, 0) is 64.9 Å². The van der Waals surface area contributed by atoms with Crippen LogP contribution in [-0.2, 0) is 27.2 Å². The van der Waals surface area contributed by atoms with Gasteiger partial charge in [0.1, 0.15) is 5.00 Å². The summed E-state index contributed by atoms with van der Waals surface area (Å²) in [4.78, 5) is 38.7.